The average Bonchev–Trinajstić information content (AvgIpc) is 3.23. The molecular weight excluding hydrogens is 465 g/mol. The summed E-state index contributed by atoms with van der Waals surface area (Å²) in [7, 11) is 0. The summed E-state index contributed by atoms with van der Waals surface area (Å²) in [5, 5.41) is 4.54. The van der Waals surface area contributed by atoms with Crippen molar-refractivity contribution >= 4 is 35.0 Å². The number of halogens is 3. The molecule has 3 heterocycles. The Morgan fingerprint density at radius 2 is 1.97 bits per heavy atom. The minimum atomic E-state index is -4.49. The first-order valence-electron chi connectivity index (χ1n) is 10.9. The number of rotatable bonds is 4. The first-order valence-corrected chi connectivity index (χ1v) is 11.8. The number of aromatic nitrogens is 2. The first kappa shape index (κ1) is 22.5. The van der Waals surface area contributed by atoms with E-state index in [4.69, 9.17) is 4.98 Å². The largest absolute Gasteiger partial charge is 0.416 e. The van der Waals surface area contributed by atoms with Crippen molar-refractivity contribution in [3.63, 3.8) is 0 Å². The first-order chi connectivity index (χ1) is 16.3. The molecule has 1 atom stereocenters. The maximum atomic E-state index is 12.9. The van der Waals surface area contributed by atoms with Crippen LogP contribution in [0.1, 0.15) is 30.7 Å². The topological polar surface area (TPSA) is 76.0 Å². The van der Waals surface area contributed by atoms with E-state index in [9.17, 15) is 22.8 Å². The second kappa shape index (κ2) is 8.83. The van der Waals surface area contributed by atoms with E-state index in [1.165, 1.54) is 6.07 Å². The predicted molar refractivity (Wildman–Crippen MR) is 124 cm³/mol. The summed E-state index contributed by atoms with van der Waals surface area (Å²) in [6.07, 6.45) is 0.746. The van der Waals surface area contributed by atoms with Gasteiger partial charge in [-0.3, -0.25) is 9.59 Å². The Morgan fingerprint density at radius 3 is 2.71 bits per heavy atom. The molecule has 10 heteroatoms. The Hall–Kier alpha value is -3.27. The molecule has 6 nitrogen and oxygen atoms in total. The van der Waals surface area contributed by atoms with Crippen molar-refractivity contribution in [2.75, 3.05) is 10.6 Å². The highest BCUT2D eigenvalue weighted by Crippen LogP contribution is 2.40. The summed E-state index contributed by atoms with van der Waals surface area (Å²) in [6.45, 7) is 0.983. The van der Waals surface area contributed by atoms with Gasteiger partial charge >= 0.3 is 6.18 Å². The Morgan fingerprint density at radius 1 is 1.18 bits per heavy atom. The monoisotopic (exact) mass is 486 g/mol. The van der Waals surface area contributed by atoms with E-state index in [1.807, 2.05) is 12.1 Å². The van der Waals surface area contributed by atoms with Crippen LogP contribution in [0.25, 0.3) is 11.3 Å². The molecular formula is C24H21F3N4O2S. The second-order valence-electron chi connectivity index (χ2n) is 8.33. The summed E-state index contributed by atoms with van der Waals surface area (Å²) in [6, 6.07) is 10.6. The zero-order chi connectivity index (χ0) is 23.9. The van der Waals surface area contributed by atoms with Gasteiger partial charge in [-0.25, -0.2) is 4.98 Å². The fourth-order valence-electron chi connectivity index (χ4n) is 4.12. The van der Waals surface area contributed by atoms with Gasteiger partial charge in [0.2, 0.25) is 11.8 Å². The average molecular weight is 487 g/mol. The maximum Gasteiger partial charge on any atom is 0.416 e. The number of alkyl halides is 3. The highest BCUT2D eigenvalue weighted by Gasteiger charge is 2.34. The SMILES string of the molecule is O=C(C[C@H]1Sc2ccc(C(F)(F)F)cc2NC1=O)Nc1ccc(-c2cn3c(n2)CCCC3)cc1. The lowest BCUT2D eigenvalue weighted by Gasteiger charge is -2.24. The lowest BCUT2D eigenvalue weighted by Crippen LogP contribution is -2.32. The Bertz CT molecular complexity index is 1230. The van der Waals surface area contributed by atoms with Gasteiger partial charge in [-0.2, -0.15) is 13.2 Å². The number of fused-ring (bicyclic) bond motifs is 2. The molecule has 0 fully saturated rings. The fourth-order valence-corrected chi connectivity index (χ4v) is 5.21. The van der Waals surface area contributed by atoms with Crippen LogP contribution < -0.4 is 10.6 Å². The van der Waals surface area contributed by atoms with Gasteiger partial charge in [0, 0.05) is 41.7 Å². The number of imidazole rings is 1. The smallest absolute Gasteiger partial charge is 0.334 e. The third-order valence-electron chi connectivity index (χ3n) is 5.87. The van der Waals surface area contributed by atoms with Gasteiger partial charge < -0.3 is 15.2 Å². The van der Waals surface area contributed by atoms with Crippen molar-refractivity contribution in [3.05, 3.63) is 60.0 Å². The molecule has 1 aromatic heterocycles. The molecule has 34 heavy (non-hydrogen) atoms. The van der Waals surface area contributed by atoms with Gasteiger partial charge in [-0.05, 0) is 43.2 Å². The van der Waals surface area contributed by atoms with Crippen LogP contribution in [0, 0.1) is 0 Å². The van der Waals surface area contributed by atoms with Crippen molar-refractivity contribution in [2.45, 2.75) is 48.5 Å². The predicted octanol–water partition coefficient (Wildman–Crippen LogP) is 5.35. The molecule has 2 aliphatic heterocycles. The Labute approximate surface area is 197 Å². The summed E-state index contributed by atoms with van der Waals surface area (Å²) in [4.78, 5) is 30.1. The van der Waals surface area contributed by atoms with Crippen LogP contribution in [-0.4, -0.2) is 26.6 Å². The van der Waals surface area contributed by atoms with Gasteiger partial charge in [-0.1, -0.05) is 12.1 Å². The zero-order valence-corrected chi connectivity index (χ0v) is 18.8. The number of hydrogen-bond acceptors (Lipinski definition) is 4. The second-order valence-corrected chi connectivity index (χ2v) is 9.57. The van der Waals surface area contributed by atoms with Crippen LogP contribution >= 0.6 is 11.8 Å². The van der Waals surface area contributed by atoms with E-state index in [2.05, 4.69) is 21.4 Å². The number of carbonyl (C=O) groups is 2. The molecule has 2 N–H and O–H groups in total. The normalized spacial score (nSPS) is 17.5. The quantitative estimate of drug-likeness (QED) is 0.522. The van der Waals surface area contributed by atoms with Gasteiger partial charge in [0.05, 0.1) is 22.2 Å². The van der Waals surface area contributed by atoms with Gasteiger partial charge in [0.25, 0.3) is 0 Å². The summed E-state index contributed by atoms with van der Waals surface area (Å²) < 4.78 is 40.9. The minimum Gasteiger partial charge on any atom is -0.334 e. The molecule has 5 rings (SSSR count). The molecule has 2 amide bonds. The van der Waals surface area contributed by atoms with Crippen LogP contribution in [0.2, 0.25) is 0 Å². The molecule has 0 saturated heterocycles. The van der Waals surface area contributed by atoms with E-state index in [0.29, 0.717) is 10.6 Å². The maximum absolute atomic E-state index is 12.9. The number of carbonyl (C=O) groups excluding carboxylic acids is 2. The van der Waals surface area contributed by atoms with Gasteiger partial charge in [0.1, 0.15) is 5.82 Å². The summed E-state index contributed by atoms with van der Waals surface area (Å²) in [5.41, 5.74) is 1.73. The number of nitrogens with zero attached hydrogens (tertiary/aromatic N) is 2. The van der Waals surface area contributed by atoms with Crippen LogP contribution in [0.4, 0.5) is 24.5 Å². The number of amides is 2. The van der Waals surface area contributed by atoms with Crippen molar-refractivity contribution in [1.82, 2.24) is 9.55 Å². The third-order valence-corrected chi connectivity index (χ3v) is 7.15. The van der Waals surface area contributed by atoms with Gasteiger partial charge in [0.15, 0.2) is 0 Å². The molecule has 176 valence electrons. The number of hydrogen-bond donors (Lipinski definition) is 2. The highest BCUT2D eigenvalue weighted by molar-refractivity contribution is 8.01. The molecule has 0 unspecified atom stereocenters. The zero-order valence-electron chi connectivity index (χ0n) is 18.0. The van der Waals surface area contributed by atoms with Crippen molar-refractivity contribution in [3.8, 4) is 11.3 Å². The van der Waals surface area contributed by atoms with Crippen molar-refractivity contribution in [2.24, 2.45) is 0 Å². The molecule has 2 aromatic carbocycles. The van der Waals surface area contributed by atoms with E-state index in [1.54, 1.807) is 12.1 Å². The molecule has 3 aromatic rings. The molecule has 0 spiro atoms. The highest BCUT2D eigenvalue weighted by atomic mass is 32.2. The Balaban J connectivity index is 1.21. The molecule has 2 aliphatic rings. The lowest BCUT2D eigenvalue weighted by molar-refractivity contribution is -0.137. The standard InChI is InChI=1S/C24H21F3N4O2S/c25-24(26,27)15-6-9-19-17(11-15)30-23(33)20(34-19)12-22(32)28-16-7-4-14(5-8-16)18-13-31-10-2-1-3-21(31)29-18/h4-9,11,13,20H,1-3,10,12H2,(H,28,32)(H,30,33)/t20-/m1/s1. The van der Waals surface area contributed by atoms with E-state index in [0.717, 1.165) is 66.8 Å². The number of benzene rings is 2. The number of aryl methyl sites for hydroxylation is 2. The van der Waals surface area contributed by atoms with Crippen LogP contribution in [-0.2, 0) is 28.7 Å². The summed E-state index contributed by atoms with van der Waals surface area (Å²) >= 11 is 1.09. The molecule has 0 radical (unpaired) electrons. The van der Waals surface area contributed by atoms with Crippen LogP contribution in [0.5, 0.6) is 0 Å². The molecule has 0 saturated carbocycles. The summed E-state index contributed by atoms with van der Waals surface area (Å²) in [5.74, 6) is 0.248. The van der Waals surface area contributed by atoms with Crippen molar-refractivity contribution in [1.29, 1.82) is 0 Å². The number of thioether (sulfide) groups is 1. The lowest BCUT2D eigenvalue weighted by atomic mass is 10.1. The van der Waals surface area contributed by atoms with Crippen LogP contribution in [0.3, 0.4) is 0 Å². The number of nitrogens with one attached hydrogen (secondary N) is 2. The van der Waals surface area contributed by atoms with E-state index >= 15 is 0 Å². The minimum absolute atomic E-state index is 0.105. The van der Waals surface area contributed by atoms with Gasteiger partial charge in [-0.15, -0.1) is 11.8 Å². The van der Waals surface area contributed by atoms with Crippen molar-refractivity contribution < 1.29 is 22.8 Å². The van der Waals surface area contributed by atoms with E-state index < -0.39 is 22.9 Å². The third kappa shape index (κ3) is 4.68. The van der Waals surface area contributed by atoms with Crippen LogP contribution in [0.15, 0.2) is 53.6 Å². The molecule has 0 aliphatic carbocycles. The number of anilines is 2. The van der Waals surface area contributed by atoms with E-state index in [-0.39, 0.29) is 18.0 Å². The fraction of sp³-hybridized carbons (Fsp3) is 0.292. The molecule has 0 bridgehead atoms. The Kier molecular flexibility index (Phi) is 5.85.